The Morgan fingerprint density at radius 3 is 2.34 bits per heavy atom. The van der Waals surface area contributed by atoms with Gasteiger partial charge in [0.25, 0.3) is 0 Å². The van der Waals surface area contributed by atoms with Gasteiger partial charge in [-0.25, -0.2) is 4.98 Å². The summed E-state index contributed by atoms with van der Waals surface area (Å²) in [6.07, 6.45) is 14.1. The summed E-state index contributed by atoms with van der Waals surface area (Å²) in [7, 11) is -1.36. The Morgan fingerprint density at radius 2 is 1.62 bits per heavy atom. The Balaban J connectivity index is 0.000000181. The first-order chi connectivity index (χ1) is 22.1. The number of fused-ring (bicyclic) bond motifs is 3. The van der Waals surface area contributed by atoms with Crippen LogP contribution in [0.5, 0.6) is 0 Å². The normalized spacial score (nSPS) is 14.0. The van der Waals surface area contributed by atoms with E-state index in [4.69, 9.17) is 9.40 Å². The van der Waals surface area contributed by atoms with Gasteiger partial charge in [0.2, 0.25) is 5.71 Å². The molecule has 6 heteroatoms. The Morgan fingerprint density at radius 1 is 0.809 bits per heavy atom. The van der Waals surface area contributed by atoms with E-state index in [1.807, 2.05) is 42.6 Å². The van der Waals surface area contributed by atoms with Gasteiger partial charge in [-0.2, -0.15) is 0 Å². The number of hydrogen-bond acceptors (Lipinski definition) is 4. The minimum absolute atomic E-state index is 0. The number of rotatable bonds is 5. The minimum atomic E-state index is -1.36. The van der Waals surface area contributed by atoms with Crippen molar-refractivity contribution in [1.82, 2.24) is 15.0 Å². The summed E-state index contributed by atoms with van der Waals surface area (Å²) in [6, 6.07) is 29.2. The molecule has 0 amide bonds. The molecule has 0 bridgehead atoms. The van der Waals surface area contributed by atoms with Crippen molar-refractivity contribution < 1.29 is 24.5 Å². The predicted octanol–water partition coefficient (Wildman–Crippen LogP) is 10.4. The summed E-state index contributed by atoms with van der Waals surface area (Å²) in [5.74, 6) is 0.869. The van der Waals surface area contributed by atoms with Gasteiger partial charge in [0.1, 0.15) is 0 Å². The molecule has 0 N–H and O–H groups in total. The summed E-state index contributed by atoms with van der Waals surface area (Å²) < 4.78 is 5.98. The summed E-state index contributed by atoms with van der Waals surface area (Å²) in [5.41, 5.74) is 8.25. The van der Waals surface area contributed by atoms with Crippen molar-refractivity contribution in [2.75, 3.05) is 0 Å². The van der Waals surface area contributed by atoms with Crippen molar-refractivity contribution in [3.05, 3.63) is 109 Å². The van der Waals surface area contributed by atoms with Crippen LogP contribution in [0, 0.1) is 18.1 Å². The van der Waals surface area contributed by atoms with Crippen molar-refractivity contribution in [3.63, 3.8) is 0 Å². The molecule has 0 atom stereocenters. The summed E-state index contributed by atoms with van der Waals surface area (Å²) in [4.78, 5) is 13.6. The zero-order chi connectivity index (χ0) is 32.3. The first kappa shape index (κ1) is 34.9. The van der Waals surface area contributed by atoms with Gasteiger partial charge in [0.05, 0.1) is 13.7 Å². The van der Waals surface area contributed by atoms with E-state index in [9.17, 15) is 0 Å². The minimum Gasteiger partial charge on any atom is -0.486 e. The average molecular weight is 816 g/mol. The van der Waals surface area contributed by atoms with E-state index in [0.29, 0.717) is 5.71 Å². The van der Waals surface area contributed by atoms with Gasteiger partial charge < -0.3 is 14.4 Å². The van der Waals surface area contributed by atoms with Crippen LogP contribution in [-0.4, -0.2) is 23.0 Å². The van der Waals surface area contributed by atoms with Crippen LogP contribution < -0.4 is 5.19 Å². The van der Waals surface area contributed by atoms with E-state index >= 15 is 0 Å². The predicted molar refractivity (Wildman–Crippen MR) is 194 cm³/mol. The molecule has 4 aromatic heterocycles. The topological polar surface area (TPSA) is 51.8 Å². The van der Waals surface area contributed by atoms with Gasteiger partial charge in [-0.15, -0.1) is 54.1 Å². The standard InChI is InChI=1S/C21H28NSi.C20H17N2O.Ir/c1-23(2,3)21-16-22-20(18-12-8-5-9-13-18)15-19(21)14-17-10-6-4-7-11-17;1-20(2,3)13-9-11-21-17(12-13)16-7-4-6-14-15-8-5-10-22-19(15)23-18(14)16;/h5,8-9,12,15-17H,4,6-7,10-11,14H2,1-3H3;4-6,8-12H,1-3H3;/q2*-1;. The SMILES string of the molecule is CC(C)(C)c1ccnc(-c2[c-]ccc3c2oc2ncccc23)c1.C[Si](C)(C)c1cnc(-c2[c-]cccc2)cc1CC1CCCCC1.[Ir]. The molecule has 0 spiro atoms. The third-order valence-corrected chi connectivity index (χ3v) is 11.2. The van der Waals surface area contributed by atoms with Crippen LogP contribution in [0.15, 0.2) is 89.7 Å². The quantitative estimate of drug-likeness (QED) is 0.129. The van der Waals surface area contributed by atoms with Crippen LogP contribution in [0.25, 0.3) is 44.6 Å². The van der Waals surface area contributed by atoms with E-state index in [1.54, 1.807) is 16.9 Å². The van der Waals surface area contributed by atoms with Crippen LogP contribution >= 0.6 is 0 Å². The van der Waals surface area contributed by atoms with Gasteiger partial charge >= 0.3 is 0 Å². The van der Waals surface area contributed by atoms with Gasteiger partial charge in [-0.1, -0.05) is 101 Å². The maximum atomic E-state index is 5.98. The largest absolute Gasteiger partial charge is 0.486 e. The molecule has 1 fully saturated rings. The molecule has 1 aliphatic rings. The Hall–Kier alpha value is -3.44. The summed E-state index contributed by atoms with van der Waals surface area (Å²) in [6.45, 7) is 13.9. The number of furan rings is 1. The summed E-state index contributed by atoms with van der Waals surface area (Å²) in [5, 5.41) is 3.61. The molecule has 1 aliphatic carbocycles. The molecule has 4 nitrogen and oxygen atoms in total. The van der Waals surface area contributed by atoms with Crippen molar-refractivity contribution in [3.8, 4) is 22.5 Å². The first-order valence-corrected chi connectivity index (χ1v) is 20.2. The molecule has 1 radical (unpaired) electrons. The van der Waals surface area contributed by atoms with Crippen LogP contribution in [-0.2, 0) is 31.9 Å². The van der Waals surface area contributed by atoms with E-state index in [0.717, 1.165) is 44.8 Å². The van der Waals surface area contributed by atoms with E-state index < -0.39 is 8.07 Å². The van der Waals surface area contributed by atoms with Gasteiger partial charge in [-0.3, -0.25) is 0 Å². The molecule has 6 aromatic rings. The Kier molecular flexibility index (Phi) is 11.0. The molecule has 1 saturated carbocycles. The molecule has 2 aromatic carbocycles. The smallest absolute Gasteiger partial charge is 0.216 e. The molecule has 0 aliphatic heterocycles. The van der Waals surface area contributed by atoms with Crippen LogP contribution in [0.2, 0.25) is 19.6 Å². The second-order valence-corrected chi connectivity index (χ2v) is 19.7. The number of hydrogen-bond donors (Lipinski definition) is 0. The maximum Gasteiger partial charge on any atom is 0.216 e. The summed E-state index contributed by atoms with van der Waals surface area (Å²) >= 11 is 0. The molecular formula is C41H45IrN3OSi-2. The fraction of sp³-hybridized carbons (Fsp3) is 0.341. The first-order valence-electron chi connectivity index (χ1n) is 16.7. The molecular weight excluding hydrogens is 771 g/mol. The maximum absolute atomic E-state index is 5.98. The molecule has 245 valence electrons. The molecule has 0 saturated heterocycles. The Labute approximate surface area is 294 Å². The van der Waals surface area contributed by atoms with Crippen LogP contribution in [0.3, 0.4) is 0 Å². The molecule has 0 unspecified atom stereocenters. The number of benzene rings is 2. The van der Waals surface area contributed by atoms with Crippen molar-refractivity contribution in [2.24, 2.45) is 5.92 Å². The van der Waals surface area contributed by atoms with Gasteiger partial charge in [-0.05, 0) is 58.1 Å². The van der Waals surface area contributed by atoms with Crippen molar-refractivity contribution in [1.29, 1.82) is 0 Å². The Bertz CT molecular complexity index is 1930. The monoisotopic (exact) mass is 816 g/mol. The molecule has 47 heavy (non-hydrogen) atoms. The van der Waals surface area contributed by atoms with Crippen LogP contribution in [0.1, 0.15) is 64.0 Å². The molecule has 7 rings (SSSR count). The second-order valence-electron chi connectivity index (χ2n) is 14.7. The van der Waals surface area contributed by atoms with E-state index in [1.165, 1.54) is 44.1 Å². The van der Waals surface area contributed by atoms with Crippen LogP contribution in [0.4, 0.5) is 0 Å². The molecule has 4 heterocycles. The number of pyridine rings is 3. The third-order valence-electron chi connectivity index (χ3n) is 9.11. The fourth-order valence-corrected chi connectivity index (χ4v) is 8.13. The van der Waals surface area contributed by atoms with E-state index in [-0.39, 0.29) is 25.5 Å². The van der Waals surface area contributed by atoms with Gasteiger partial charge in [0.15, 0.2) is 0 Å². The van der Waals surface area contributed by atoms with Crippen molar-refractivity contribution in [2.45, 2.75) is 84.4 Å². The fourth-order valence-electron chi connectivity index (χ4n) is 6.54. The second kappa shape index (κ2) is 14.8. The van der Waals surface area contributed by atoms with Gasteiger partial charge in [0, 0.05) is 44.1 Å². The number of nitrogens with zero attached hydrogens (tertiary/aromatic N) is 3. The third kappa shape index (κ3) is 8.17. The zero-order valence-electron chi connectivity index (χ0n) is 28.5. The zero-order valence-corrected chi connectivity index (χ0v) is 31.9. The van der Waals surface area contributed by atoms with Crippen molar-refractivity contribution >= 4 is 35.3 Å². The number of aromatic nitrogens is 3. The average Bonchev–Trinajstić information content (AvgIpc) is 3.44. The van der Waals surface area contributed by atoms with E-state index in [2.05, 4.69) is 99.0 Å².